The van der Waals surface area contributed by atoms with E-state index in [1.807, 2.05) is 0 Å². The number of halogens is 2. The molecule has 6 heteroatoms. The highest BCUT2D eigenvalue weighted by molar-refractivity contribution is 9.10. The van der Waals surface area contributed by atoms with Gasteiger partial charge in [-0.3, -0.25) is 0 Å². The monoisotopic (exact) mass is 307 g/mol. The third-order valence-electron chi connectivity index (χ3n) is 2.01. The first-order valence-electron chi connectivity index (χ1n) is 4.06. The third-order valence-corrected chi connectivity index (χ3v) is 4.12. The number of fused-ring (bicyclic) bond motifs is 1. The zero-order valence-corrected chi connectivity index (χ0v) is 10.9. The van der Waals surface area contributed by atoms with E-state index in [2.05, 4.69) is 15.9 Å². The van der Waals surface area contributed by atoms with Gasteiger partial charge in [-0.25, -0.2) is 12.4 Å². The van der Waals surface area contributed by atoms with E-state index in [0.29, 0.717) is 15.1 Å². The van der Waals surface area contributed by atoms with Crippen LogP contribution in [0.2, 0.25) is 5.02 Å². The standard InChI is InChI=1S/C9H7BrClNO2S/c1-15(13,14)12-8-5-7(11)3-2-6(8)4-9(12)10/h2-5H,1H3. The van der Waals surface area contributed by atoms with Gasteiger partial charge in [0.15, 0.2) is 0 Å². The van der Waals surface area contributed by atoms with Crippen LogP contribution in [0.25, 0.3) is 10.9 Å². The largest absolute Gasteiger partial charge is 0.237 e. The summed E-state index contributed by atoms with van der Waals surface area (Å²) in [5.41, 5.74) is 0.580. The number of nitrogens with zero attached hydrogens (tertiary/aromatic N) is 1. The molecule has 15 heavy (non-hydrogen) atoms. The Morgan fingerprint density at radius 2 is 2.00 bits per heavy atom. The van der Waals surface area contributed by atoms with Crippen LogP contribution < -0.4 is 0 Å². The highest BCUT2D eigenvalue weighted by Gasteiger charge is 2.14. The van der Waals surface area contributed by atoms with Gasteiger partial charge in [0.1, 0.15) is 4.60 Å². The van der Waals surface area contributed by atoms with Crippen molar-refractivity contribution < 1.29 is 8.42 Å². The second-order valence-electron chi connectivity index (χ2n) is 3.20. The van der Waals surface area contributed by atoms with Crippen molar-refractivity contribution in [2.45, 2.75) is 0 Å². The van der Waals surface area contributed by atoms with E-state index in [9.17, 15) is 8.42 Å². The molecule has 0 saturated heterocycles. The molecule has 0 N–H and O–H groups in total. The van der Waals surface area contributed by atoms with Crippen LogP contribution in [-0.4, -0.2) is 18.6 Å². The quantitative estimate of drug-likeness (QED) is 0.812. The lowest BCUT2D eigenvalue weighted by molar-refractivity contribution is 0.594. The maximum absolute atomic E-state index is 11.5. The SMILES string of the molecule is CS(=O)(=O)n1c(Br)cc2ccc(Cl)cc21. The molecule has 0 fully saturated rings. The van der Waals surface area contributed by atoms with Gasteiger partial charge in [-0.15, -0.1) is 0 Å². The number of benzene rings is 1. The summed E-state index contributed by atoms with van der Waals surface area (Å²) in [7, 11) is -3.32. The molecule has 80 valence electrons. The van der Waals surface area contributed by atoms with E-state index >= 15 is 0 Å². The molecule has 0 aliphatic rings. The Kier molecular flexibility index (Phi) is 2.56. The summed E-state index contributed by atoms with van der Waals surface area (Å²) in [5.74, 6) is 0. The Balaban J connectivity index is 2.95. The Morgan fingerprint density at radius 3 is 2.60 bits per heavy atom. The van der Waals surface area contributed by atoms with Crippen LogP contribution in [0.15, 0.2) is 28.9 Å². The Bertz CT molecular complexity index is 633. The van der Waals surface area contributed by atoms with Crippen LogP contribution in [0, 0.1) is 0 Å². The molecule has 0 aliphatic carbocycles. The zero-order chi connectivity index (χ0) is 11.2. The first kappa shape index (κ1) is 11.0. The third kappa shape index (κ3) is 1.91. The molecule has 1 heterocycles. The van der Waals surface area contributed by atoms with Gasteiger partial charge in [0, 0.05) is 10.4 Å². The lowest BCUT2D eigenvalue weighted by Gasteiger charge is -2.03. The summed E-state index contributed by atoms with van der Waals surface area (Å²) in [5, 5.41) is 1.34. The van der Waals surface area contributed by atoms with Gasteiger partial charge < -0.3 is 0 Å². The van der Waals surface area contributed by atoms with Crippen molar-refractivity contribution in [3.63, 3.8) is 0 Å². The molecule has 0 aliphatic heterocycles. The summed E-state index contributed by atoms with van der Waals surface area (Å²) in [6.45, 7) is 0. The number of hydrogen-bond acceptors (Lipinski definition) is 2. The molecule has 3 nitrogen and oxygen atoms in total. The van der Waals surface area contributed by atoms with Gasteiger partial charge in [0.25, 0.3) is 0 Å². The summed E-state index contributed by atoms with van der Waals surface area (Å²) in [6.07, 6.45) is 1.15. The maximum atomic E-state index is 11.5. The number of hydrogen-bond donors (Lipinski definition) is 0. The first-order chi connectivity index (χ1) is 6.89. The van der Waals surface area contributed by atoms with Gasteiger partial charge in [-0.05, 0) is 34.1 Å². The fourth-order valence-corrected chi connectivity index (χ4v) is 3.73. The number of aromatic nitrogens is 1. The minimum Gasteiger partial charge on any atom is -0.231 e. The summed E-state index contributed by atoms with van der Waals surface area (Å²) < 4.78 is 24.8. The lowest BCUT2D eigenvalue weighted by atomic mass is 10.2. The molecular weight excluding hydrogens is 302 g/mol. The van der Waals surface area contributed by atoms with Crippen molar-refractivity contribution in [2.24, 2.45) is 0 Å². The summed E-state index contributed by atoms with van der Waals surface area (Å²) in [6, 6.07) is 6.88. The summed E-state index contributed by atoms with van der Waals surface area (Å²) in [4.78, 5) is 0. The van der Waals surface area contributed by atoms with Crippen LogP contribution in [0.3, 0.4) is 0 Å². The molecule has 0 radical (unpaired) electrons. The molecule has 0 atom stereocenters. The normalized spacial score (nSPS) is 12.2. The van der Waals surface area contributed by atoms with Crippen LogP contribution in [-0.2, 0) is 10.0 Å². The molecule has 0 unspecified atom stereocenters. The van der Waals surface area contributed by atoms with Crippen molar-refractivity contribution in [3.05, 3.63) is 33.9 Å². The Morgan fingerprint density at radius 1 is 1.33 bits per heavy atom. The van der Waals surface area contributed by atoms with E-state index in [-0.39, 0.29) is 0 Å². The topological polar surface area (TPSA) is 39.1 Å². The molecule has 0 saturated carbocycles. The highest BCUT2D eigenvalue weighted by atomic mass is 79.9. The zero-order valence-electron chi connectivity index (χ0n) is 7.74. The van der Waals surface area contributed by atoms with Crippen molar-refractivity contribution in [3.8, 4) is 0 Å². The van der Waals surface area contributed by atoms with E-state index in [4.69, 9.17) is 11.6 Å². The van der Waals surface area contributed by atoms with Gasteiger partial charge in [0.2, 0.25) is 10.0 Å². The second kappa shape index (κ2) is 3.50. The van der Waals surface area contributed by atoms with Gasteiger partial charge >= 0.3 is 0 Å². The summed E-state index contributed by atoms with van der Waals surface area (Å²) >= 11 is 9.04. The molecule has 2 rings (SSSR count). The first-order valence-corrected chi connectivity index (χ1v) is 7.08. The predicted octanol–water partition coefficient (Wildman–Crippen LogP) is 2.86. The van der Waals surface area contributed by atoms with Crippen molar-refractivity contribution in [1.29, 1.82) is 0 Å². The number of rotatable bonds is 1. The molecule has 0 spiro atoms. The predicted molar refractivity (Wildman–Crippen MR) is 64.9 cm³/mol. The van der Waals surface area contributed by atoms with E-state index in [1.54, 1.807) is 24.3 Å². The van der Waals surface area contributed by atoms with Crippen molar-refractivity contribution in [2.75, 3.05) is 6.26 Å². The Labute approximate surface area is 101 Å². The molecule has 0 amide bonds. The minimum absolute atomic E-state index is 0.502. The maximum Gasteiger partial charge on any atom is 0.237 e. The minimum atomic E-state index is -3.32. The van der Waals surface area contributed by atoms with Gasteiger partial charge in [0.05, 0.1) is 11.8 Å². The molecule has 0 bridgehead atoms. The van der Waals surface area contributed by atoms with Crippen LogP contribution in [0.5, 0.6) is 0 Å². The molecule has 2 aromatic rings. The average molecular weight is 309 g/mol. The van der Waals surface area contributed by atoms with E-state index in [0.717, 1.165) is 11.6 Å². The second-order valence-corrected chi connectivity index (χ2v) is 6.28. The Hall–Kier alpha value is -0.520. The van der Waals surface area contributed by atoms with E-state index < -0.39 is 10.0 Å². The van der Waals surface area contributed by atoms with Crippen LogP contribution >= 0.6 is 27.5 Å². The highest BCUT2D eigenvalue weighted by Crippen LogP contribution is 2.27. The fraction of sp³-hybridized carbons (Fsp3) is 0.111. The van der Waals surface area contributed by atoms with Crippen LogP contribution in [0.1, 0.15) is 0 Å². The van der Waals surface area contributed by atoms with Gasteiger partial charge in [-0.2, -0.15) is 0 Å². The average Bonchev–Trinajstić information content (AvgIpc) is 2.38. The fourth-order valence-electron chi connectivity index (χ4n) is 1.45. The van der Waals surface area contributed by atoms with Gasteiger partial charge in [-0.1, -0.05) is 17.7 Å². The van der Waals surface area contributed by atoms with Crippen molar-refractivity contribution in [1.82, 2.24) is 3.97 Å². The lowest BCUT2D eigenvalue weighted by Crippen LogP contribution is -2.09. The van der Waals surface area contributed by atoms with E-state index in [1.165, 1.54) is 3.97 Å². The van der Waals surface area contributed by atoms with Crippen molar-refractivity contribution >= 4 is 48.5 Å². The van der Waals surface area contributed by atoms with Crippen LogP contribution in [0.4, 0.5) is 0 Å². The molecular formula is C9H7BrClNO2S. The molecule has 1 aromatic heterocycles. The smallest absolute Gasteiger partial charge is 0.231 e. The molecule has 1 aromatic carbocycles.